The molecule has 1 saturated heterocycles. The molecule has 0 radical (unpaired) electrons. The molecule has 64 valence electrons. The van der Waals surface area contributed by atoms with E-state index in [2.05, 4.69) is 5.32 Å². The van der Waals surface area contributed by atoms with Crippen LogP contribution in [0.25, 0.3) is 5.32 Å². The summed E-state index contributed by atoms with van der Waals surface area (Å²) in [7, 11) is 9.75. The van der Waals surface area contributed by atoms with Crippen molar-refractivity contribution in [3.8, 4) is 0 Å². The molecule has 10 heavy (non-hydrogen) atoms. The van der Waals surface area contributed by atoms with E-state index in [-0.39, 0.29) is 5.50 Å². The summed E-state index contributed by atoms with van der Waals surface area (Å²) in [5.41, 5.74) is 0.133. The zero-order chi connectivity index (χ0) is 7.82. The molecule has 0 aromatic carbocycles. The second kappa shape index (κ2) is 8.61. The number of nitrogens with zero attached hydrogens (tertiary/aromatic N) is 1. The van der Waals surface area contributed by atoms with Crippen molar-refractivity contribution in [2.24, 2.45) is 0 Å². The fourth-order valence-corrected chi connectivity index (χ4v) is 0.999. The van der Waals surface area contributed by atoms with E-state index in [0.717, 1.165) is 13.0 Å². The Morgan fingerprint density at radius 2 is 1.90 bits per heavy atom. The fraction of sp³-hybridized carbons (Fsp3) is 1.00. The van der Waals surface area contributed by atoms with Crippen molar-refractivity contribution in [1.82, 2.24) is 0 Å². The topological polar surface area (TPSA) is 14.1 Å². The molecule has 5 heteroatoms. The van der Waals surface area contributed by atoms with E-state index in [1.807, 2.05) is 0 Å². The molecule has 0 saturated carbocycles. The van der Waals surface area contributed by atoms with Crippen LogP contribution in [0.4, 0.5) is 0 Å². The predicted octanol–water partition coefficient (Wildman–Crippen LogP) is 3.49. The number of rotatable bonds is 0. The Morgan fingerprint density at radius 3 is 2.10 bits per heavy atom. The minimum absolute atomic E-state index is 0.133. The van der Waals surface area contributed by atoms with Gasteiger partial charge in [-0.15, -0.1) is 18.1 Å². The Morgan fingerprint density at radius 1 is 1.30 bits per heavy atom. The summed E-state index contributed by atoms with van der Waals surface area (Å²) in [4.78, 5) is 0. The Kier molecular flexibility index (Phi) is 9.92. The van der Waals surface area contributed by atoms with Crippen LogP contribution in [-0.2, 0) is 16.5 Å². The number of piperidine rings is 1. The summed E-state index contributed by atoms with van der Waals surface area (Å²) < 4.78 is 0. The molecule has 0 aromatic heterocycles. The monoisotopic (exact) mass is 383 g/mol. The average molecular weight is 385 g/mol. The van der Waals surface area contributed by atoms with E-state index in [1.54, 1.807) is 0 Å². The van der Waals surface area contributed by atoms with Gasteiger partial charge in [-0.2, -0.15) is 0 Å². The standard InChI is InChI=1S/C5H9ClN.2ClH.Pt/c6-5-3-1-2-4-7-5;;;/h5H,1-4H2;2*1H;/q-1;;;+4/p-2. The van der Waals surface area contributed by atoms with Gasteiger partial charge in [-0.3, -0.25) is 0 Å². The van der Waals surface area contributed by atoms with Gasteiger partial charge in [0, 0.05) is 0 Å². The van der Waals surface area contributed by atoms with Crippen molar-refractivity contribution < 1.29 is 16.5 Å². The van der Waals surface area contributed by atoms with Crippen LogP contribution in [0.1, 0.15) is 19.3 Å². The molecule has 1 fully saturated rings. The first-order valence-electron chi connectivity index (χ1n) is 2.94. The van der Waals surface area contributed by atoms with Gasteiger partial charge in [0.05, 0.1) is 0 Å². The third-order valence-corrected chi connectivity index (χ3v) is 1.53. The SMILES string of the molecule is ClC1CCCC[N-]1.[Cl][Pt+2][Cl]. The van der Waals surface area contributed by atoms with Crippen LogP contribution < -0.4 is 0 Å². The predicted molar refractivity (Wildman–Crippen MR) is 43.4 cm³/mol. The van der Waals surface area contributed by atoms with E-state index in [1.165, 1.54) is 12.8 Å². The summed E-state index contributed by atoms with van der Waals surface area (Å²) in [5.74, 6) is 0. The van der Waals surface area contributed by atoms with Gasteiger partial charge in [0.25, 0.3) is 0 Å². The van der Waals surface area contributed by atoms with Crippen LogP contribution in [0, 0.1) is 0 Å². The van der Waals surface area contributed by atoms with Crippen molar-refractivity contribution in [2.45, 2.75) is 24.8 Å². The molecule has 1 aliphatic rings. The van der Waals surface area contributed by atoms with Crippen molar-refractivity contribution in [3.05, 3.63) is 5.32 Å². The summed E-state index contributed by atoms with van der Waals surface area (Å²) >= 11 is 5.18. The van der Waals surface area contributed by atoms with Gasteiger partial charge in [-0.1, -0.05) is 24.8 Å². The third kappa shape index (κ3) is 7.62. The zero-order valence-electron chi connectivity index (χ0n) is 5.30. The molecule has 1 atom stereocenters. The zero-order valence-corrected chi connectivity index (χ0v) is 9.84. The van der Waals surface area contributed by atoms with Gasteiger partial charge >= 0.3 is 35.3 Å². The number of hydrogen-bond acceptors (Lipinski definition) is 0. The van der Waals surface area contributed by atoms with Gasteiger partial charge in [-0.05, 0) is 0 Å². The maximum atomic E-state index is 5.65. The van der Waals surface area contributed by atoms with Crippen molar-refractivity contribution >= 4 is 30.4 Å². The molecule has 1 nitrogen and oxygen atoms in total. The molecule has 0 bridgehead atoms. The molecule has 0 N–H and O–H groups in total. The number of halogens is 3. The van der Waals surface area contributed by atoms with E-state index < -0.39 is 16.5 Å². The van der Waals surface area contributed by atoms with Crippen LogP contribution >= 0.6 is 30.4 Å². The summed E-state index contributed by atoms with van der Waals surface area (Å²) in [5, 5.41) is 4.10. The van der Waals surface area contributed by atoms with Crippen LogP contribution in [0.5, 0.6) is 0 Å². The minimum atomic E-state index is -0.472. The van der Waals surface area contributed by atoms with Crippen LogP contribution in [0.15, 0.2) is 0 Å². The first-order valence-corrected chi connectivity index (χ1v) is 9.01. The molecule has 0 aliphatic carbocycles. The molecule has 0 amide bonds. The van der Waals surface area contributed by atoms with Crippen molar-refractivity contribution in [2.75, 3.05) is 6.54 Å². The normalized spacial score (nSPS) is 25.3. The Hall–Kier alpha value is 1.52. The maximum absolute atomic E-state index is 5.65. The van der Waals surface area contributed by atoms with E-state index >= 15 is 0 Å². The van der Waals surface area contributed by atoms with Crippen LogP contribution in [-0.4, -0.2) is 12.0 Å². The first kappa shape index (κ1) is 11.5. The molecule has 1 rings (SSSR count). The van der Waals surface area contributed by atoms with Gasteiger partial charge in [0.2, 0.25) is 0 Å². The van der Waals surface area contributed by atoms with E-state index in [9.17, 15) is 0 Å². The van der Waals surface area contributed by atoms with E-state index in [4.69, 9.17) is 30.4 Å². The van der Waals surface area contributed by atoms with Gasteiger partial charge in [-0.25, -0.2) is 0 Å². The van der Waals surface area contributed by atoms with Gasteiger partial charge in [0.1, 0.15) is 0 Å². The molecule has 1 unspecified atom stereocenters. The second-order valence-electron chi connectivity index (χ2n) is 1.88. The third-order valence-electron chi connectivity index (χ3n) is 1.18. The van der Waals surface area contributed by atoms with Crippen molar-refractivity contribution in [3.63, 3.8) is 0 Å². The summed E-state index contributed by atoms with van der Waals surface area (Å²) in [6, 6.07) is 0. The van der Waals surface area contributed by atoms with E-state index in [0.29, 0.717) is 0 Å². The van der Waals surface area contributed by atoms with Crippen LogP contribution in [0.3, 0.4) is 0 Å². The Bertz CT molecular complexity index is 67.9. The van der Waals surface area contributed by atoms with Crippen LogP contribution in [0.2, 0.25) is 0 Å². The van der Waals surface area contributed by atoms with Gasteiger partial charge in [0.15, 0.2) is 0 Å². The Balaban J connectivity index is 0.000000236. The summed E-state index contributed by atoms with van der Waals surface area (Å²) in [6.45, 7) is 0.980. The molecule has 0 spiro atoms. The Labute approximate surface area is 83.2 Å². The molecular formula is C5H9Cl3NPt+. The summed E-state index contributed by atoms with van der Waals surface area (Å²) in [6.07, 6.45) is 3.59. The number of hydrogen-bond donors (Lipinski definition) is 0. The molecular weight excluding hydrogens is 375 g/mol. The molecule has 1 heterocycles. The first-order chi connectivity index (χ1) is 4.81. The van der Waals surface area contributed by atoms with Crippen molar-refractivity contribution in [1.29, 1.82) is 0 Å². The average Bonchev–Trinajstić information content (AvgIpc) is 1.91. The fourth-order valence-electron chi connectivity index (χ4n) is 0.747. The number of alkyl halides is 1. The second-order valence-corrected chi connectivity index (χ2v) is 5.67. The van der Waals surface area contributed by atoms with Gasteiger partial charge < -0.3 is 5.32 Å². The molecule has 1 aliphatic heterocycles. The quantitative estimate of drug-likeness (QED) is 0.448. The molecule has 0 aromatic rings.